The summed E-state index contributed by atoms with van der Waals surface area (Å²) in [6.07, 6.45) is -1.49. The number of hydrogen-bond acceptors (Lipinski definition) is 5. The molecule has 2 aromatic carbocycles. The highest BCUT2D eigenvalue weighted by molar-refractivity contribution is 6.31. The molecule has 0 aliphatic carbocycles. The molecule has 0 spiro atoms. The number of halogens is 4. The highest BCUT2D eigenvalue weighted by Crippen LogP contribution is 2.32. The molecule has 8 nitrogen and oxygen atoms in total. The van der Waals surface area contributed by atoms with Crippen molar-refractivity contribution in [3.8, 4) is 0 Å². The number of nitrogens with two attached hydrogens (primary N) is 1. The fourth-order valence-electron chi connectivity index (χ4n) is 3.45. The first-order valence-electron chi connectivity index (χ1n) is 9.90. The first-order valence-corrected chi connectivity index (χ1v) is 10.3. The van der Waals surface area contributed by atoms with Crippen LogP contribution in [0.1, 0.15) is 28.4 Å². The van der Waals surface area contributed by atoms with Crippen LogP contribution in [0.15, 0.2) is 48.9 Å². The van der Waals surface area contributed by atoms with E-state index in [1.54, 1.807) is 22.7 Å². The Balaban J connectivity index is 1.75. The minimum absolute atomic E-state index is 0.178. The highest BCUT2D eigenvalue weighted by atomic mass is 35.5. The van der Waals surface area contributed by atoms with Gasteiger partial charge in [-0.25, -0.2) is 15.0 Å². The van der Waals surface area contributed by atoms with Crippen molar-refractivity contribution in [3.63, 3.8) is 0 Å². The average molecular weight is 491 g/mol. The number of rotatable bonds is 3. The molecule has 2 N–H and O–H groups in total. The molecule has 0 saturated heterocycles. The van der Waals surface area contributed by atoms with Gasteiger partial charge in [-0.15, -0.1) is 0 Å². The molecule has 2 amide bonds. The van der Waals surface area contributed by atoms with E-state index in [9.17, 15) is 22.8 Å². The van der Waals surface area contributed by atoms with Gasteiger partial charge >= 0.3 is 6.18 Å². The predicted molar refractivity (Wildman–Crippen MR) is 120 cm³/mol. The van der Waals surface area contributed by atoms with Crippen molar-refractivity contribution >= 4 is 45.8 Å². The maximum atomic E-state index is 13.5. The molecule has 2 heterocycles. The summed E-state index contributed by atoms with van der Waals surface area (Å²) >= 11 is 6.09. The summed E-state index contributed by atoms with van der Waals surface area (Å²) in [7, 11) is 1.38. The Kier molecular flexibility index (Phi) is 5.82. The maximum absolute atomic E-state index is 13.5. The Morgan fingerprint density at radius 2 is 1.88 bits per heavy atom. The molecule has 4 rings (SSSR count). The van der Waals surface area contributed by atoms with Crippen LogP contribution in [0.2, 0.25) is 5.02 Å². The van der Waals surface area contributed by atoms with Crippen molar-refractivity contribution in [2.24, 2.45) is 0 Å². The van der Waals surface area contributed by atoms with Gasteiger partial charge in [0.1, 0.15) is 11.3 Å². The van der Waals surface area contributed by atoms with Gasteiger partial charge in [0.25, 0.3) is 5.91 Å². The second kappa shape index (κ2) is 8.49. The Morgan fingerprint density at radius 1 is 1.15 bits per heavy atom. The Bertz CT molecular complexity index is 1440. The fraction of sp³-hybridized carbons (Fsp3) is 0.182. The molecule has 0 aliphatic rings. The van der Waals surface area contributed by atoms with Crippen molar-refractivity contribution in [3.05, 3.63) is 70.6 Å². The molecule has 0 unspecified atom stereocenters. The number of carbonyl (C=O) groups excluding carboxylic acids is 2. The lowest BCUT2D eigenvalue weighted by Crippen LogP contribution is -2.46. The van der Waals surface area contributed by atoms with E-state index in [4.69, 9.17) is 17.3 Å². The number of amides is 2. The number of alkyl halides is 3. The van der Waals surface area contributed by atoms with E-state index in [2.05, 4.69) is 9.97 Å². The van der Waals surface area contributed by atoms with Crippen molar-refractivity contribution in [1.29, 1.82) is 0 Å². The molecule has 0 radical (unpaired) electrons. The van der Waals surface area contributed by atoms with Gasteiger partial charge in [-0.2, -0.15) is 13.2 Å². The number of carbonyl (C=O) groups is 2. The third kappa shape index (κ3) is 4.21. The van der Waals surface area contributed by atoms with Crippen LogP contribution < -0.4 is 5.73 Å². The summed E-state index contributed by atoms with van der Waals surface area (Å²) in [6.45, 7) is 1.03. The zero-order chi connectivity index (χ0) is 24.8. The number of benzene rings is 2. The normalized spacial score (nSPS) is 11.7. The van der Waals surface area contributed by atoms with Gasteiger partial charge < -0.3 is 5.73 Å². The van der Waals surface area contributed by atoms with E-state index in [0.717, 1.165) is 22.2 Å². The van der Waals surface area contributed by atoms with E-state index < -0.39 is 23.6 Å². The lowest BCUT2D eigenvalue weighted by molar-refractivity contribution is -0.140. The van der Waals surface area contributed by atoms with Crippen LogP contribution in [-0.4, -0.2) is 43.2 Å². The standard InChI is InChI=1S/C22H18ClF3N6O2/c1-12(33)30(2)32(10-14-3-5-15(8-16(14)23)22(24,25)26)21(34)13-4-6-17-18(7-13)31-11-28-9-19(31)20(27)29-17/h3-9,11H,10H2,1-2H3,(H2,27,29). The van der Waals surface area contributed by atoms with Gasteiger partial charge in [-0.3, -0.25) is 19.0 Å². The molecular formula is C22H18ClF3N6O2. The van der Waals surface area contributed by atoms with Crippen LogP contribution in [0, 0.1) is 0 Å². The monoisotopic (exact) mass is 490 g/mol. The summed E-state index contributed by atoms with van der Waals surface area (Å²) in [6, 6.07) is 7.55. The van der Waals surface area contributed by atoms with Crippen LogP contribution >= 0.6 is 11.6 Å². The quantitative estimate of drug-likeness (QED) is 0.435. The largest absolute Gasteiger partial charge is 0.416 e. The molecule has 176 valence electrons. The molecule has 12 heteroatoms. The topological polar surface area (TPSA) is 96.8 Å². The predicted octanol–water partition coefficient (Wildman–Crippen LogP) is 4.17. The van der Waals surface area contributed by atoms with E-state index in [1.807, 2.05) is 0 Å². The summed E-state index contributed by atoms with van der Waals surface area (Å²) in [5.41, 5.74) is 7.14. The van der Waals surface area contributed by atoms with Crippen molar-refractivity contribution in [1.82, 2.24) is 24.4 Å². The first-order chi connectivity index (χ1) is 16.0. The number of imidazole rings is 1. The number of nitrogen functional groups attached to an aromatic ring is 1. The third-order valence-electron chi connectivity index (χ3n) is 5.38. The fourth-order valence-corrected chi connectivity index (χ4v) is 3.69. The molecule has 0 atom stereocenters. The van der Waals surface area contributed by atoms with Crippen LogP contribution in [0.3, 0.4) is 0 Å². The van der Waals surface area contributed by atoms with Crippen LogP contribution in [-0.2, 0) is 17.5 Å². The number of nitrogens with zero attached hydrogens (tertiary/aromatic N) is 5. The van der Waals surface area contributed by atoms with Gasteiger partial charge in [0.15, 0.2) is 0 Å². The molecule has 0 saturated carbocycles. The summed E-state index contributed by atoms with van der Waals surface area (Å²) in [5, 5.41) is 2.01. The molecule has 0 fully saturated rings. The third-order valence-corrected chi connectivity index (χ3v) is 5.73. The number of fused-ring (bicyclic) bond motifs is 3. The van der Waals surface area contributed by atoms with E-state index >= 15 is 0 Å². The smallest absolute Gasteiger partial charge is 0.382 e. The minimum Gasteiger partial charge on any atom is -0.382 e. The van der Waals surface area contributed by atoms with Gasteiger partial charge in [-0.1, -0.05) is 17.7 Å². The van der Waals surface area contributed by atoms with Crippen molar-refractivity contribution in [2.45, 2.75) is 19.6 Å². The number of hydrogen-bond donors (Lipinski definition) is 1. The van der Waals surface area contributed by atoms with E-state index in [0.29, 0.717) is 16.6 Å². The minimum atomic E-state index is -4.56. The lowest BCUT2D eigenvalue weighted by Gasteiger charge is -2.31. The SMILES string of the molecule is CC(=O)N(C)N(Cc1ccc(C(F)(F)F)cc1Cl)C(=O)c1ccc2nc(N)c3cncn3c2c1. The lowest BCUT2D eigenvalue weighted by atomic mass is 10.1. The van der Waals surface area contributed by atoms with Gasteiger partial charge in [0, 0.05) is 24.6 Å². The van der Waals surface area contributed by atoms with Crippen molar-refractivity contribution < 1.29 is 22.8 Å². The Morgan fingerprint density at radius 3 is 2.53 bits per heavy atom. The van der Waals surface area contributed by atoms with Gasteiger partial charge in [0.2, 0.25) is 5.91 Å². The maximum Gasteiger partial charge on any atom is 0.416 e. The molecule has 2 aromatic heterocycles. The Hall–Kier alpha value is -3.86. The summed E-state index contributed by atoms with van der Waals surface area (Å²) in [4.78, 5) is 33.9. The number of aromatic nitrogens is 3. The second-order valence-electron chi connectivity index (χ2n) is 7.56. The molecule has 4 aromatic rings. The molecule has 0 aliphatic heterocycles. The molecule has 34 heavy (non-hydrogen) atoms. The summed E-state index contributed by atoms with van der Waals surface area (Å²) in [5.74, 6) is -0.747. The van der Waals surface area contributed by atoms with Crippen LogP contribution in [0.5, 0.6) is 0 Å². The molecule has 0 bridgehead atoms. The van der Waals surface area contributed by atoms with Crippen LogP contribution in [0.25, 0.3) is 16.6 Å². The zero-order valence-corrected chi connectivity index (χ0v) is 18.7. The second-order valence-corrected chi connectivity index (χ2v) is 7.97. The zero-order valence-electron chi connectivity index (χ0n) is 18.0. The Labute approximate surface area is 196 Å². The highest BCUT2D eigenvalue weighted by Gasteiger charge is 2.31. The average Bonchev–Trinajstić information content (AvgIpc) is 3.27. The number of hydrazine groups is 1. The van der Waals surface area contributed by atoms with Crippen molar-refractivity contribution in [2.75, 3.05) is 12.8 Å². The number of anilines is 1. The summed E-state index contributed by atoms with van der Waals surface area (Å²) < 4.78 is 40.7. The van der Waals surface area contributed by atoms with E-state index in [-0.39, 0.29) is 28.5 Å². The van der Waals surface area contributed by atoms with Crippen LogP contribution in [0.4, 0.5) is 19.0 Å². The van der Waals surface area contributed by atoms with Gasteiger partial charge in [0.05, 0.1) is 35.7 Å². The van der Waals surface area contributed by atoms with E-state index in [1.165, 1.54) is 32.4 Å². The molecular weight excluding hydrogens is 473 g/mol. The first kappa shape index (κ1) is 23.3. The van der Waals surface area contributed by atoms with Gasteiger partial charge in [-0.05, 0) is 35.9 Å².